The number of fused-ring (bicyclic) bond motifs is 1. The molecule has 35 heavy (non-hydrogen) atoms. The molecule has 0 saturated carbocycles. The second kappa shape index (κ2) is 10.8. The molecule has 7 heteroatoms. The van der Waals surface area contributed by atoms with Crippen LogP contribution in [-0.2, 0) is 4.79 Å². The maximum atomic E-state index is 13.8. The zero-order valence-corrected chi connectivity index (χ0v) is 20.9. The van der Waals surface area contributed by atoms with Crippen molar-refractivity contribution in [2.45, 2.75) is 44.1 Å². The average Bonchev–Trinajstić information content (AvgIpc) is 2.90. The molecule has 0 saturated heterocycles. The Hall–Kier alpha value is -3.48. The normalized spacial score (nSPS) is 19.5. The molecule has 7 nitrogen and oxygen atoms in total. The summed E-state index contributed by atoms with van der Waals surface area (Å²) < 4.78 is 16.3. The fraction of sp³-hybridized carbons (Fsp3) is 0.429. The van der Waals surface area contributed by atoms with Crippen LogP contribution in [0.1, 0.15) is 65.5 Å². The third-order valence-corrected chi connectivity index (χ3v) is 7.04. The first-order chi connectivity index (χ1) is 17.0. The molecule has 1 N–H and O–H groups in total. The Balaban J connectivity index is 1.72. The van der Waals surface area contributed by atoms with E-state index in [4.69, 9.17) is 14.2 Å². The first kappa shape index (κ1) is 24.6. The number of nitrogens with zero attached hydrogens (tertiary/aromatic N) is 1. The summed E-state index contributed by atoms with van der Waals surface area (Å²) in [6.07, 6.45) is 7.82. The summed E-state index contributed by atoms with van der Waals surface area (Å²) in [6, 6.07) is 10.5. The molecule has 0 unspecified atom stereocenters. The van der Waals surface area contributed by atoms with Crippen molar-refractivity contribution in [2.75, 3.05) is 34.9 Å². The number of likely N-dealkylation sites (N-methyl/N-ethyl adjacent to an activating group) is 1. The molecule has 2 aromatic rings. The van der Waals surface area contributed by atoms with Crippen LogP contribution in [0.4, 0.5) is 0 Å². The van der Waals surface area contributed by atoms with Crippen molar-refractivity contribution in [1.29, 1.82) is 0 Å². The number of nitrogens with one attached hydrogen (secondary N) is 1. The number of methoxy groups -OCH3 is 3. The SMILES string of the molecule is COc1ccc([C@H]2[C@H](C(=O)NCCC3=CCCCC3)c3cc(OC)c(OC)cc3C(=O)N2C)cc1. The van der Waals surface area contributed by atoms with Gasteiger partial charge in [0.25, 0.3) is 5.91 Å². The Morgan fingerprint density at radius 2 is 1.74 bits per heavy atom. The molecule has 2 atom stereocenters. The summed E-state index contributed by atoms with van der Waals surface area (Å²) in [5.74, 6) is 0.767. The van der Waals surface area contributed by atoms with Crippen molar-refractivity contribution in [3.63, 3.8) is 0 Å². The van der Waals surface area contributed by atoms with Gasteiger partial charge in [-0.2, -0.15) is 0 Å². The van der Waals surface area contributed by atoms with Gasteiger partial charge in [-0.05, 0) is 67.5 Å². The van der Waals surface area contributed by atoms with Gasteiger partial charge >= 0.3 is 0 Å². The summed E-state index contributed by atoms with van der Waals surface area (Å²) in [4.78, 5) is 28.8. The summed E-state index contributed by atoms with van der Waals surface area (Å²) in [5.41, 5.74) is 3.36. The van der Waals surface area contributed by atoms with Crippen molar-refractivity contribution in [3.8, 4) is 17.2 Å². The van der Waals surface area contributed by atoms with Crippen LogP contribution in [0.5, 0.6) is 17.2 Å². The second-order valence-electron chi connectivity index (χ2n) is 9.06. The molecule has 1 heterocycles. The lowest BCUT2D eigenvalue weighted by Gasteiger charge is -2.40. The quantitative estimate of drug-likeness (QED) is 0.560. The number of carbonyl (C=O) groups is 2. The molecule has 1 aliphatic heterocycles. The van der Waals surface area contributed by atoms with E-state index in [1.165, 1.54) is 25.5 Å². The van der Waals surface area contributed by atoms with Crippen LogP contribution < -0.4 is 19.5 Å². The molecule has 2 amide bonds. The third kappa shape index (κ3) is 4.99. The lowest BCUT2D eigenvalue weighted by atomic mass is 9.79. The zero-order chi connectivity index (χ0) is 24.9. The number of amides is 2. The first-order valence-corrected chi connectivity index (χ1v) is 12.1. The van der Waals surface area contributed by atoms with Crippen molar-refractivity contribution in [3.05, 3.63) is 64.7 Å². The maximum Gasteiger partial charge on any atom is 0.254 e. The second-order valence-corrected chi connectivity index (χ2v) is 9.06. The maximum absolute atomic E-state index is 13.8. The molecule has 0 spiro atoms. The number of allylic oxidation sites excluding steroid dienone is 1. The summed E-state index contributed by atoms with van der Waals surface area (Å²) in [7, 11) is 6.43. The monoisotopic (exact) mass is 478 g/mol. The predicted octanol–water partition coefficient (Wildman–Crippen LogP) is 4.63. The van der Waals surface area contributed by atoms with Gasteiger partial charge in [-0.15, -0.1) is 0 Å². The van der Waals surface area contributed by atoms with Crippen LogP contribution >= 0.6 is 0 Å². The molecular weight excluding hydrogens is 444 g/mol. The van der Waals surface area contributed by atoms with Crippen LogP contribution in [-0.4, -0.2) is 51.6 Å². The highest BCUT2D eigenvalue weighted by Crippen LogP contribution is 2.45. The van der Waals surface area contributed by atoms with E-state index in [-0.39, 0.29) is 11.8 Å². The highest BCUT2D eigenvalue weighted by molar-refractivity contribution is 6.02. The molecule has 0 aromatic heterocycles. The minimum Gasteiger partial charge on any atom is -0.497 e. The number of rotatable bonds is 8. The van der Waals surface area contributed by atoms with Gasteiger partial charge in [0.15, 0.2) is 11.5 Å². The molecule has 0 bridgehead atoms. The third-order valence-electron chi connectivity index (χ3n) is 7.04. The van der Waals surface area contributed by atoms with E-state index in [1.54, 1.807) is 38.3 Å². The van der Waals surface area contributed by atoms with Gasteiger partial charge in [0.1, 0.15) is 5.75 Å². The van der Waals surface area contributed by atoms with E-state index in [1.807, 2.05) is 24.3 Å². The molecule has 2 aliphatic rings. The highest BCUT2D eigenvalue weighted by atomic mass is 16.5. The van der Waals surface area contributed by atoms with E-state index in [0.717, 1.165) is 24.8 Å². The van der Waals surface area contributed by atoms with E-state index >= 15 is 0 Å². The smallest absolute Gasteiger partial charge is 0.254 e. The van der Waals surface area contributed by atoms with Crippen molar-refractivity contribution < 1.29 is 23.8 Å². The lowest BCUT2D eigenvalue weighted by molar-refractivity contribution is -0.124. The Morgan fingerprint density at radius 1 is 1.03 bits per heavy atom. The van der Waals surface area contributed by atoms with Crippen LogP contribution in [0.3, 0.4) is 0 Å². The predicted molar refractivity (Wildman–Crippen MR) is 134 cm³/mol. The van der Waals surface area contributed by atoms with Gasteiger partial charge in [-0.25, -0.2) is 0 Å². The van der Waals surface area contributed by atoms with Crippen molar-refractivity contribution >= 4 is 11.8 Å². The minimum atomic E-state index is -0.610. The number of ether oxygens (including phenoxy) is 3. The summed E-state index contributed by atoms with van der Waals surface area (Å²) in [6.45, 7) is 0.566. The van der Waals surface area contributed by atoms with Crippen LogP contribution in [0.15, 0.2) is 48.0 Å². The molecule has 2 aromatic carbocycles. The number of benzene rings is 2. The lowest BCUT2D eigenvalue weighted by Crippen LogP contribution is -2.45. The van der Waals surface area contributed by atoms with Crippen LogP contribution in [0, 0.1) is 0 Å². The molecular formula is C28H34N2O5. The fourth-order valence-corrected chi connectivity index (χ4v) is 5.14. The Kier molecular flexibility index (Phi) is 7.63. The zero-order valence-electron chi connectivity index (χ0n) is 20.9. The molecule has 186 valence electrons. The van der Waals surface area contributed by atoms with Gasteiger partial charge in [0.05, 0.1) is 33.3 Å². The van der Waals surface area contributed by atoms with E-state index in [2.05, 4.69) is 11.4 Å². The van der Waals surface area contributed by atoms with Gasteiger partial charge in [-0.3, -0.25) is 9.59 Å². The Labute approximate surface area is 207 Å². The minimum absolute atomic E-state index is 0.116. The number of carbonyl (C=O) groups excluding carboxylic acids is 2. The topological polar surface area (TPSA) is 77.1 Å². The first-order valence-electron chi connectivity index (χ1n) is 12.1. The summed E-state index contributed by atoms with van der Waals surface area (Å²) >= 11 is 0. The molecule has 4 rings (SSSR count). The molecule has 0 fully saturated rings. The Morgan fingerprint density at radius 3 is 2.37 bits per heavy atom. The van der Waals surface area contributed by atoms with Crippen LogP contribution in [0.2, 0.25) is 0 Å². The van der Waals surface area contributed by atoms with Gasteiger partial charge in [-0.1, -0.05) is 23.8 Å². The van der Waals surface area contributed by atoms with Crippen molar-refractivity contribution in [2.24, 2.45) is 0 Å². The fourth-order valence-electron chi connectivity index (χ4n) is 5.14. The molecule has 1 aliphatic carbocycles. The van der Waals surface area contributed by atoms with Gasteiger partial charge in [0, 0.05) is 19.2 Å². The van der Waals surface area contributed by atoms with Gasteiger partial charge in [0.2, 0.25) is 5.91 Å². The number of hydrogen-bond donors (Lipinski definition) is 1. The molecule has 0 radical (unpaired) electrons. The van der Waals surface area contributed by atoms with E-state index < -0.39 is 12.0 Å². The average molecular weight is 479 g/mol. The number of hydrogen-bond acceptors (Lipinski definition) is 5. The van der Waals surface area contributed by atoms with Crippen LogP contribution in [0.25, 0.3) is 0 Å². The van der Waals surface area contributed by atoms with Crippen molar-refractivity contribution in [1.82, 2.24) is 10.2 Å². The Bertz CT molecular complexity index is 1110. The van der Waals surface area contributed by atoms with Gasteiger partial charge < -0.3 is 24.4 Å². The largest absolute Gasteiger partial charge is 0.497 e. The highest BCUT2D eigenvalue weighted by Gasteiger charge is 2.43. The standard InChI is InChI=1S/C28H34N2O5/c1-30-26(19-10-12-20(33-2)13-11-19)25(27(31)29-15-14-18-8-6-5-7-9-18)21-16-23(34-3)24(35-4)17-22(21)28(30)32/h8,10-13,16-17,25-26H,5-7,9,14-15H2,1-4H3,(H,29,31)/t25-,26+/m1/s1. The van der Waals surface area contributed by atoms with E-state index in [0.29, 0.717) is 34.9 Å². The van der Waals surface area contributed by atoms with E-state index in [9.17, 15) is 9.59 Å². The summed E-state index contributed by atoms with van der Waals surface area (Å²) in [5, 5.41) is 3.15.